The predicted molar refractivity (Wildman–Crippen MR) is 86.5 cm³/mol. The number of aryl methyl sites for hydroxylation is 1. The Balaban J connectivity index is 2.03. The van der Waals surface area contributed by atoms with Crippen LogP contribution in [-0.2, 0) is 16.6 Å². The van der Waals surface area contributed by atoms with Crippen LogP contribution in [0.15, 0.2) is 42.5 Å². The monoisotopic (exact) mass is 324 g/mol. The molecule has 1 unspecified atom stereocenters. The standard InChI is InChI=1S/C16H17ClO3S/c1-12-10-14(17)4-7-16(12)20-15-5-2-13(3-6-15)11-21(19)9-8-18/h2-7,10,18H,8-9,11H2,1H3. The number of hydrogen-bond acceptors (Lipinski definition) is 3. The Hall–Kier alpha value is -1.36. The maximum Gasteiger partial charge on any atom is 0.130 e. The van der Waals surface area contributed by atoms with Crippen molar-refractivity contribution in [1.29, 1.82) is 0 Å². The van der Waals surface area contributed by atoms with Crippen LogP contribution in [0.25, 0.3) is 0 Å². The quantitative estimate of drug-likeness (QED) is 0.881. The molecule has 0 spiro atoms. The topological polar surface area (TPSA) is 46.5 Å². The predicted octanol–water partition coefficient (Wildman–Crippen LogP) is 3.68. The largest absolute Gasteiger partial charge is 0.457 e. The van der Waals surface area contributed by atoms with Gasteiger partial charge in [-0.1, -0.05) is 23.7 Å². The Bertz CT molecular complexity index is 626. The molecule has 5 heteroatoms. The fourth-order valence-corrected chi connectivity index (χ4v) is 3.01. The Morgan fingerprint density at radius 1 is 1.19 bits per heavy atom. The lowest BCUT2D eigenvalue weighted by atomic mass is 10.2. The molecule has 0 aliphatic rings. The van der Waals surface area contributed by atoms with E-state index in [0.29, 0.717) is 16.5 Å². The molecule has 1 N–H and O–H groups in total. The van der Waals surface area contributed by atoms with Crippen molar-refractivity contribution in [3.63, 3.8) is 0 Å². The van der Waals surface area contributed by atoms with Crippen molar-refractivity contribution in [2.75, 3.05) is 12.4 Å². The maximum absolute atomic E-state index is 11.6. The van der Waals surface area contributed by atoms with Gasteiger partial charge in [0, 0.05) is 27.3 Å². The van der Waals surface area contributed by atoms with Crippen LogP contribution in [0.1, 0.15) is 11.1 Å². The van der Waals surface area contributed by atoms with Crippen molar-refractivity contribution < 1.29 is 14.1 Å². The summed E-state index contributed by atoms with van der Waals surface area (Å²) in [6, 6.07) is 12.9. The van der Waals surface area contributed by atoms with E-state index >= 15 is 0 Å². The summed E-state index contributed by atoms with van der Waals surface area (Å²) in [7, 11) is -1.03. The van der Waals surface area contributed by atoms with Gasteiger partial charge >= 0.3 is 0 Å². The molecule has 0 radical (unpaired) electrons. The summed E-state index contributed by atoms with van der Waals surface area (Å²) in [5.74, 6) is 2.23. The number of ether oxygens (including phenoxy) is 1. The first-order chi connectivity index (χ1) is 10.1. The molecule has 0 fully saturated rings. The maximum atomic E-state index is 11.6. The third kappa shape index (κ3) is 4.84. The normalized spacial score (nSPS) is 12.1. The highest BCUT2D eigenvalue weighted by Gasteiger charge is 2.04. The number of aliphatic hydroxyl groups is 1. The van der Waals surface area contributed by atoms with E-state index < -0.39 is 10.8 Å². The number of benzene rings is 2. The van der Waals surface area contributed by atoms with Gasteiger partial charge in [-0.05, 0) is 48.4 Å². The Labute approximate surface area is 132 Å². The van der Waals surface area contributed by atoms with Crippen LogP contribution < -0.4 is 4.74 Å². The lowest BCUT2D eigenvalue weighted by molar-refractivity contribution is 0.321. The molecule has 0 aromatic heterocycles. The van der Waals surface area contributed by atoms with Crippen molar-refractivity contribution >= 4 is 22.4 Å². The summed E-state index contributed by atoms with van der Waals surface area (Å²) in [6.45, 7) is 1.89. The molecule has 1 atom stereocenters. The highest BCUT2D eigenvalue weighted by atomic mass is 35.5. The molecular formula is C16H17ClO3S. The van der Waals surface area contributed by atoms with Crippen LogP contribution in [0.4, 0.5) is 0 Å². The third-order valence-electron chi connectivity index (χ3n) is 2.93. The van der Waals surface area contributed by atoms with Crippen molar-refractivity contribution in [3.05, 3.63) is 58.6 Å². The lowest BCUT2D eigenvalue weighted by Gasteiger charge is -2.09. The van der Waals surface area contributed by atoms with Gasteiger partial charge in [0.2, 0.25) is 0 Å². The van der Waals surface area contributed by atoms with E-state index in [0.717, 1.165) is 22.6 Å². The van der Waals surface area contributed by atoms with E-state index in [9.17, 15) is 4.21 Å². The van der Waals surface area contributed by atoms with E-state index in [4.69, 9.17) is 21.4 Å². The highest BCUT2D eigenvalue weighted by molar-refractivity contribution is 7.84. The molecule has 2 rings (SSSR count). The van der Waals surface area contributed by atoms with Gasteiger partial charge in [-0.25, -0.2) is 0 Å². The number of rotatable bonds is 6. The van der Waals surface area contributed by atoms with E-state index in [-0.39, 0.29) is 6.61 Å². The van der Waals surface area contributed by atoms with Gasteiger partial charge in [0.05, 0.1) is 6.61 Å². The molecule has 0 bridgehead atoms. The Kier molecular flexibility index (Phi) is 5.79. The van der Waals surface area contributed by atoms with Crippen LogP contribution in [0.5, 0.6) is 11.5 Å². The first-order valence-electron chi connectivity index (χ1n) is 6.57. The smallest absolute Gasteiger partial charge is 0.130 e. The highest BCUT2D eigenvalue weighted by Crippen LogP contribution is 2.27. The Morgan fingerprint density at radius 3 is 2.52 bits per heavy atom. The second kappa shape index (κ2) is 7.59. The Morgan fingerprint density at radius 2 is 1.90 bits per heavy atom. The van der Waals surface area contributed by atoms with Crippen molar-refractivity contribution in [3.8, 4) is 11.5 Å². The van der Waals surface area contributed by atoms with E-state index in [1.54, 1.807) is 6.07 Å². The van der Waals surface area contributed by atoms with Gasteiger partial charge < -0.3 is 9.84 Å². The SMILES string of the molecule is Cc1cc(Cl)ccc1Oc1ccc(CS(=O)CCO)cc1. The minimum absolute atomic E-state index is 0.0519. The zero-order valence-electron chi connectivity index (χ0n) is 11.7. The van der Waals surface area contributed by atoms with Gasteiger partial charge in [-0.15, -0.1) is 0 Å². The first-order valence-corrected chi connectivity index (χ1v) is 8.44. The summed E-state index contributed by atoms with van der Waals surface area (Å²) in [5, 5.41) is 9.43. The van der Waals surface area contributed by atoms with Crippen molar-refractivity contribution in [2.45, 2.75) is 12.7 Å². The van der Waals surface area contributed by atoms with E-state index in [1.165, 1.54) is 0 Å². The summed E-state index contributed by atoms with van der Waals surface area (Å²) >= 11 is 5.91. The molecule has 2 aromatic carbocycles. The molecule has 3 nitrogen and oxygen atoms in total. The molecule has 0 aliphatic carbocycles. The molecule has 0 amide bonds. The first kappa shape index (κ1) is 16.0. The van der Waals surface area contributed by atoms with Crippen molar-refractivity contribution in [2.24, 2.45) is 0 Å². The molecular weight excluding hydrogens is 308 g/mol. The van der Waals surface area contributed by atoms with Gasteiger partial charge in [0.25, 0.3) is 0 Å². The van der Waals surface area contributed by atoms with Crippen LogP contribution in [0.2, 0.25) is 5.02 Å². The van der Waals surface area contributed by atoms with Gasteiger partial charge in [0.15, 0.2) is 0 Å². The number of aliphatic hydroxyl groups excluding tert-OH is 1. The van der Waals surface area contributed by atoms with Crippen LogP contribution in [0, 0.1) is 6.92 Å². The van der Waals surface area contributed by atoms with Crippen molar-refractivity contribution in [1.82, 2.24) is 0 Å². The van der Waals surface area contributed by atoms with E-state index in [1.807, 2.05) is 43.3 Å². The molecule has 0 saturated heterocycles. The van der Waals surface area contributed by atoms with Gasteiger partial charge in [0.1, 0.15) is 11.5 Å². The molecule has 0 heterocycles. The minimum atomic E-state index is -1.03. The number of hydrogen-bond donors (Lipinski definition) is 1. The molecule has 112 valence electrons. The summed E-state index contributed by atoms with van der Waals surface area (Å²) in [5.41, 5.74) is 1.93. The fraction of sp³-hybridized carbons (Fsp3) is 0.250. The molecule has 0 aliphatic heterocycles. The van der Waals surface area contributed by atoms with Gasteiger partial charge in [-0.3, -0.25) is 4.21 Å². The van der Waals surface area contributed by atoms with E-state index in [2.05, 4.69) is 0 Å². The second-order valence-corrected chi connectivity index (χ2v) is 6.68. The minimum Gasteiger partial charge on any atom is -0.457 e. The summed E-state index contributed by atoms with van der Waals surface area (Å²) in [4.78, 5) is 0. The van der Waals surface area contributed by atoms with Crippen LogP contribution in [-0.4, -0.2) is 21.7 Å². The van der Waals surface area contributed by atoms with Crippen LogP contribution >= 0.6 is 11.6 Å². The average molecular weight is 325 g/mol. The molecule has 0 saturated carbocycles. The van der Waals surface area contributed by atoms with Gasteiger partial charge in [-0.2, -0.15) is 0 Å². The average Bonchev–Trinajstić information content (AvgIpc) is 2.44. The number of halogens is 1. The fourth-order valence-electron chi connectivity index (χ4n) is 1.87. The van der Waals surface area contributed by atoms with Crippen LogP contribution in [0.3, 0.4) is 0 Å². The lowest BCUT2D eigenvalue weighted by Crippen LogP contribution is -2.04. The second-order valence-electron chi connectivity index (χ2n) is 4.67. The summed E-state index contributed by atoms with van der Waals surface area (Å²) < 4.78 is 17.4. The zero-order valence-corrected chi connectivity index (χ0v) is 13.3. The zero-order chi connectivity index (χ0) is 15.2. The molecule has 2 aromatic rings. The third-order valence-corrected chi connectivity index (χ3v) is 4.46. The summed E-state index contributed by atoms with van der Waals surface area (Å²) in [6.07, 6.45) is 0. The molecule has 21 heavy (non-hydrogen) atoms.